The summed E-state index contributed by atoms with van der Waals surface area (Å²) in [4.78, 5) is 39.3. The summed E-state index contributed by atoms with van der Waals surface area (Å²) in [5, 5.41) is 10.3. The Kier molecular flexibility index (Phi) is 9.19. The molecule has 42 heavy (non-hydrogen) atoms. The predicted molar refractivity (Wildman–Crippen MR) is 172 cm³/mol. The predicted octanol–water partition coefficient (Wildman–Crippen LogP) is 8.23. The fraction of sp³-hybridized carbons (Fsp3) is 0.242. The highest BCUT2D eigenvalue weighted by Gasteiger charge is 2.16. The lowest BCUT2D eigenvalue weighted by atomic mass is 10.0. The standard InChI is InChI=1S/C33H33N5O2S2/c1-20(2)16-22-8-12-24(13-9-22)28-18-41-32(35-28)37-30(39)26-6-5-7-27(34-26)31(40)38-33-36-29(19-42-33)25-14-10-23(11-15-25)17-21(3)4/h5-15,18-21H,16-17H2,1-4H3,(H,35,37,39)(H,36,38,40). The number of nitrogens with one attached hydrogen (secondary N) is 2. The molecule has 9 heteroatoms. The third-order valence-electron chi connectivity index (χ3n) is 6.45. The van der Waals surface area contributed by atoms with E-state index in [0.29, 0.717) is 22.1 Å². The Balaban J connectivity index is 1.20. The number of benzene rings is 2. The van der Waals surface area contributed by atoms with Crippen molar-refractivity contribution in [3.8, 4) is 22.5 Å². The van der Waals surface area contributed by atoms with Crippen molar-refractivity contribution in [2.24, 2.45) is 11.8 Å². The molecule has 3 aromatic heterocycles. The van der Waals surface area contributed by atoms with Crippen LogP contribution in [0.25, 0.3) is 22.5 Å². The minimum Gasteiger partial charge on any atom is -0.296 e. The van der Waals surface area contributed by atoms with Crippen LogP contribution in [0.15, 0.2) is 77.5 Å². The van der Waals surface area contributed by atoms with Crippen molar-refractivity contribution in [1.82, 2.24) is 15.0 Å². The lowest BCUT2D eigenvalue weighted by molar-refractivity contribution is 0.101. The highest BCUT2D eigenvalue weighted by molar-refractivity contribution is 7.14. The largest absolute Gasteiger partial charge is 0.296 e. The van der Waals surface area contributed by atoms with Gasteiger partial charge in [0.2, 0.25) is 0 Å². The fourth-order valence-corrected chi connectivity index (χ4v) is 5.93. The molecular formula is C33H33N5O2S2. The zero-order valence-electron chi connectivity index (χ0n) is 24.0. The first-order valence-electron chi connectivity index (χ1n) is 13.9. The molecule has 0 aliphatic carbocycles. The van der Waals surface area contributed by atoms with Crippen LogP contribution in [0.5, 0.6) is 0 Å². The number of anilines is 2. The number of aromatic nitrogens is 3. The van der Waals surface area contributed by atoms with Crippen molar-refractivity contribution in [3.05, 3.63) is 100 Å². The zero-order valence-corrected chi connectivity index (χ0v) is 25.7. The van der Waals surface area contributed by atoms with Crippen molar-refractivity contribution in [2.45, 2.75) is 40.5 Å². The number of thiazole rings is 2. The van der Waals surface area contributed by atoms with Gasteiger partial charge in [0.1, 0.15) is 11.4 Å². The maximum atomic E-state index is 12.9. The van der Waals surface area contributed by atoms with Crippen molar-refractivity contribution >= 4 is 44.8 Å². The average molecular weight is 596 g/mol. The number of hydrogen-bond donors (Lipinski definition) is 2. The van der Waals surface area contributed by atoms with E-state index in [4.69, 9.17) is 0 Å². The first kappa shape index (κ1) is 29.3. The molecule has 7 nitrogen and oxygen atoms in total. The van der Waals surface area contributed by atoms with Gasteiger partial charge in [-0.1, -0.05) is 82.3 Å². The van der Waals surface area contributed by atoms with E-state index in [9.17, 15) is 9.59 Å². The Bertz CT molecular complexity index is 1550. The van der Waals surface area contributed by atoms with Gasteiger partial charge in [0, 0.05) is 21.9 Å². The highest BCUT2D eigenvalue weighted by Crippen LogP contribution is 2.27. The van der Waals surface area contributed by atoms with Gasteiger partial charge in [-0.2, -0.15) is 0 Å². The minimum atomic E-state index is -0.435. The molecule has 0 saturated heterocycles. The third kappa shape index (κ3) is 7.54. The zero-order chi connectivity index (χ0) is 29.6. The molecule has 3 heterocycles. The van der Waals surface area contributed by atoms with Crippen molar-refractivity contribution < 1.29 is 9.59 Å². The molecule has 0 bridgehead atoms. The van der Waals surface area contributed by atoms with Crippen LogP contribution < -0.4 is 10.6 Å². The number of carbonyl (C=O) groups excluding carboxylic acids is 2. The number of hydrogen-bond acceptors (Lipinski definition) is 7. The molecule has 5 rings (SSSR count). The summed E-state index contributed by atoms with van der Waals surface area (Å²) >= 11 is 2.68. The second kappa shape index (κ2) is 13.2. The van der Waals surface area contributed by atoms with Gasteiger partial charge in [-0.25, -0.2) is 15.0 Å². The van der Waals surface area contributed by atoms with Gasteiger partial charge in [0.05, 0.1) is 11.4 Å². The monoisotopic (exact) mass is 595 g/mol. The van der Waals surface area contributed by atoms with Gasteiger partial charge in [-0.3, -0.25) is 20.2 Å². The lowest BCUT2D eigenvalue weighted by Gasteiger charge is -2.06. The van der Waals surface area contributed by atoms with Gasteiger partial charge < -0.3 is 0 Å². The Morgan fingerprint density at radius 3 is 1.40 bits per heavy atom. The summed E-state index contributed by atoms with van der Waals surface area (Å²) in [7, 11) is 0. The minimum absolute atomic E-state index is 0.124. The van der Waals surface area contributed by atoms with E-state index in [-0.39, 0.29) is 11.4 Å². The summed E-state index contributed by atoms with van der Waals surface area (Å²) in [5.74, 6) is 0.321. The number of carbonyl (C=O) groups is 2. The van der Waals surface area contributed by atoms with Crippen molar-refractivity contribution in [1.29, 1.82) is 0 Å². The molecule has 0 atom stereocenters. The average Bonchev–Trinajstić information content (AvgIpc) is 3.63. The van der Waals surface area contributed by atoms with Crippen LogP contribution in [0, 0.1) is 11.8 Å². The molecule has 5 aromatic rings. The molecule has 0 fully saturated rings. The number of amides is 2. The lowest BCUT2D eigenvalue weighted by Crippen LogP contribution is -2.18. The van der Waals surface area contributed by atoms with Crippen LogP contribution >= 0.6 is 22.7 Å². The molecule has 214 valence electrons. The Morgan fingerprint density at radius 2 is 1.02 bits per heavy atom. The quantitative estimate of drug-likeness (QED) is 0.170. The van der Waals surface area contributed by atoms with Crippen molar-refractivity contribution in [2.75, 3.05) is 10.6 Å². The van der Waals surface area contributed by atoms with E-state index in [1.165, 1.54) is 33.8 Å². The SMILES string of the molecule is CC(C)Cc1ccc(-c2csc(NC(=O)c3cccc(C(=O)Nc4nc(-c5ccc(CC(C)C)cc5)cs4)n3)n2)cc1. The van der Waals surface area contributed by atoms with Crippen LogP contribution in [0.4, 0.5) is 10.3 Å². The van der Waals surface area contributed by atoms with Crippen molar-refractivity contribution in [3.63, 3.8) is 0 Å². The topological polar surface area (TPSA) is 96.9 Å². The molecule has 0 radical (unpaired) electrons. The first-order chi connectivity index (χ1) is 20.2. The normalized spacial score (nSPS) is 11.2. The van der Waals surface area contributed by atoms with E-state index < -0.39 is 11.8 Å². The van der Waals surface area contributed by atoms with E-state index in [1.807, 2.05) is 10.8 Å². The molecule has 0 aliphatic heterocycles. The summed E-state index contributed by atoms with van der Waals surface area (Å²) < 4.78 is 0. The third-order valence-corrected chi connectivity index (χ3v) is 7.97. The highest BCUT2D eigenvalue weighted by atomic mass is 32.1. The van der Waals surface area contributed by atoms with Gasteiger partial charge in [-0.05, 0) is 47.9 Å². The number of pyridine rings is 1. The molecule has 0 aliphatic rings. The van der Waals surface area contributed by atoms with Gasteiger partial charge in [-0.15, -0.1) is 22.7 Å². The molecular weight excluding hydrogens is 563 g/mol. The van der Waals surface area contributed by atoms with E-state index in [0.717, 1.165) is 35.4 Å². The van der Waals surface area contributed by atoms with E-state index >= 15 is 0 Å². The summed E-state index contributed by atoms with van der Waals surface area (Å²) in [6.45, 7) is 8.80. The van der Waals surface area contributed by atoms with Gasteiger partial charge in [0.15, 0.2) is 10.3 Å². The summed E-state index contributed by atoms with van der Waals surface area (Å²) in [6.07, 6.45) is 2.06. The molecule has 0 saturated carbocycles. The van der Waals surface area contributed by atoms with E-state index in [2.05, 4.69) is 102 Å². The van der Waals surface area contributed by atoms with Crippen LogP contribution in [-0.4, -0.2) is 26.8 Å². The Labute approximate surface area is 254 Å². The molecule has 2 amide bonds. The molecule has 0 spiro atoms. The molecule has 2 aromatic carbocycles. The second-order valence-electron chi connectivity index (χ2n) is 11.0. The van der Waals surface area contributed by atoms with Crippen LogP contribution in [-0.2, 0) is 12.8 Å². The maximum absolute atomic E-state index is 12.9. The van der Waals surface area contributed by atoms with Gasteiger partial charge in [0.25, 0.3) is 11.8 Å². The fourth-order valence-electron chi connectivity index (χ4n) is 4.50. The number of nitrogens with zero attached hydrogens (tertiary/aromatic N) is 3. The van der Waals surface area contributed by atoms with Gasteiger partial charge >= 0.3 is 0 Å². The van der Waals surface area contributed by atoms with Crippen LogP contribution in [0.3, 0.4) is 0 Å². The summed E-state index contributed by atoms with van der Waals surface area (Å²) in [6, 6.07) is 21.4. The Morgan fingerprint density at radius 1 is 0.619 bits per heavy atom. The second-order valence-corrected chi connectivity index (χ2v) is 12.7. The van der Waals surface area contributed by atoms with Crippen LogP contribution in [0.1, 0.15) is 59.8 Å². The first-order valence-corrected chi connectivity index (χ1v) is 15.7. The summed E-state index contributed by atoms with van der Waals surface area (Å²) in [5.41, 5.74) is 6.39. The van der Waals surface area contributed by atoms with E-state index in [1.54, 1.807) is 18.2 Å². The Hall–Kier alpha value is -4.21. The smallest absolute Gasteiger partial charge is 0.276 e. The maximum Gasteiger partial charge on any atom is 0.276 e. The molecule has 2 N–H and O–H groups in total. The van der Waals surface area contributed by atoms with Crippen LogP contribution in [0.2, 0.25) is 0 Å². The molecule has 0 unspecified atom stereocenters. The number of rotatable bonds is 10.